The van der Waals surface area contributed by atoms with Crippen LogP contribution in [0, 0.1) is 0 Å². The number of ether oxygens (including phenoxy) is 1. The number of benzene rings is 1. The monoisotopic (exact) mass is 399 g/mol. The highest BCUT2D eigenvalue weighted by molar-refractivity contribution is 7.15. The van der Waals surface area contributed by atoms with E-state index >= 15 is 0 Å². The number of rotatable bonds is 5. The van der Waals surface area contributed by atoms with Crippen LogP contribution in [0.15, 0.2) is 24.5 Å². The minimum atomic E-state index is -0.238. The lowest BCUT2D eigenvalue weighted by molar-refractivity contribution is 0.0945. The number of amides is 1. The number of aliphatic hydroxyl groups is 1. The molecule has 28 heavy (non-hydrogen) atoms. The molecular weight excluding hydrogens is 378 g/mol. The van der Waals surface area contributed by atoms with E-state index in [9.17, 15) is 4.79 Å². The van der Waals surface area contributed by atoms with Crippen molar-refractivity contribution in [2.45, 2.75) is 26.3 Å². The topological polar surface area (TPSA) is 102 Å². The fourth-order valence-electron chi connectivity index (χ4n) is 3.12. The first-order valence-corrected chi connectivity index (χ1v) is 9.96. The SMILES string of the molecule is CC(C)n1ncnc1-c1nc2c(s1)CCOc1ccc(C(=O)NCCO)cc1-2. The van der Waals surface area contributed by atoms with Gasteiger partial charge < -0.3 is 15.2 Å². The standard InChI is InChI=1S/C19H21N5O3S/c1-11(2)24-17(21-10-22-24)19-23-16-13-9-12(18(26)20-6-7-25)3-4-14(13)27-8-5-15(16)28-19/h3-4,9-11,25H,5-8H2,1-2H3,(H,20,26). The minimum absolute atomic E-state index is 0.101. The summed E-state index contributed by atoms with van der Waals surface area (Å²) in [5, 5.41) is 16.7. The summed E-state index contributed by atoms with van der Waals surface area (Å²) in [7, 11) is 0. The summed E-state index contributed by atoms with van der Waals surface area (Å²) >= 11 is 1.58. The van der Waals surface area contributed by atoms with Gasteiger partial charge in [0.25, 0.3) is 5.91 Å². The van der Waals surface area contributed by atoms with Gasteiger partial charge in [-0.25, -0.2) is 14.6 Å². The number of nitrogens with zero attached hydrogens (tertiary/aromatic N) is 4. The van der Waals surface area contributed by atoms with Crippen molar-refractivity contribution in [1.29, 1.82) is 0 Å². The zero-order valence-corrected chi connectivity index (χ0v) is 16.5. The Labute approximate surface area is 166 Å². The average Bonchev–Trinajstić information content (AvgIpc) is 3.30. The molecule has 1 aromatic carbocycles. The molecule has 0 spiro atoms. The van der Waals surface area contributed by atoms with E-state index < -0.39 is 0 Å². The van der Waals surface area contributed by atoms with Crippen LogP contribution in [-0.4, -0.2) is 50.5 Å². The summed E-state index contributed by atoms with van der Waals surface area (Å²) in [6, 6.07) is 5.49. The molecule has 2 aromatic heterocycles. The molecule has 0 saturated carbocycles. The molecule has 0 saturated heterocycles. The van der Waals surface area contributed by atoms with Gasteiger partial charge in [0.15, 0.2) is 10.8 Å². The van der Waals surface area contributed by atoms with Gasteiger partial charge in [0, 0.05) is 35.0 Å². The minimum Gasteiger partial charge on any atom is -0.493 e. The summed E-state index contributed by atoms with van der Waals surface area (Å²) in [5.41, 5.74) is 2.12. The van der Waals surface area contributed by atoms with E-state index in [0.717, 1.165) is 33.4 Å². The van der Waals surface area contributed by atoms with Crippen molar-refractivity contribution in [3.63, 3.8) is 0 Å². The van der Waals surface area contributed by atoms with Crippen LogP contribution in [0.1, 0.15) is 35.1 Å². The van der Waals surface area contributed by atoms with Crippen LogP contribution >= 0.6 is 11.3 Å². The highest BCUT2D eigenvalue weighted by Gasteiger charge is 2.24. The molecule has 1 amide bonds. The smallest absolute Gasteiger partial charge is 0.251 e. The van der Waals surface area contributed by atoms with Crippen LogP contribution in [0.25, 0.3) is 22.1 Å². The van der Waals surface area contributed by atoms with Gasteiger partial charge in [-0.1, -0.05) is 0 Å². The summed E-state index contributed by atoms with van der Waals surface area (Å²) in [6.07, 6.45) is 2.28. The van der Waals surface area contributed by atoms with Crippen LogP contribution in [0.5, 0.6) is 5.75 Å². The molecule has 0 aliphatic carbocycles. The number of hydrogen-bond acceptors (Lipinski definition) is 7. The third kappa shape index (κ3) is 3.38. The predicted molar refractivity (Wildman–Crippen MR) is 106 cm³/mol. The first-order chi connectivity index (χ1) is 13.6. The van der Waals surface area contributed by atoms with E-state index in [1.54, 1.807) is 35.9 Å². The highest BCUT2D eigenvalue weighted by atomic mass is 32.1. The molecule has 1 aliphatic rings. The van der Waals surface area contributed by atoms with Crippen molar-refractivity contribution in [3.05, 3.63) is 35.0 Å². The molecule has 146 valence electrons. The van der Waals surface area contributed by atoms with Crippen LogP contribution in [0.3, 0.4) is 0 Å². The number of fused-ring (bicyclic) bond motifs is 3. The van der Waals surface area contributed by atoms with Crippen molar-refractivity contribution in [3.8, 4) is 27.8 Å². The second-order valence-electron chi connectivity index (χ2n) is 6.70. The molecule has 1 aliphatic heterocycles. The lowest BCUT2D eigenvalue weighted by Crippen LogP contribution is -2.26. The number of thiazole rings is 1. The van der Waals surface area contributed by atoms with Gasteiger partial charge in [-0.15, -0.1) is 11.3 Å². The highest BCUT2D eigenvalue weighted by Crippen LogP contribution is 2.40. The number of aliphatic hydroxyl groups excluding tert-OH is 1. The molecule has 0 unspecified atom stereocenters. The quantitative estimate of drug-likeness (QED) is 0.683. The first-order valence-electron chi connectivity index (χ1n) is 9.14. The van der Waals surface area contributed by atoms with Crippen molar-refractivity contribution < 1.29 is 14.6 Å². The maximum Gasteiger partial charge on any atom is 0.251 e. The summed E-state index contributed by atoms with van der Waals surface area (Å²) < 4.78 is 7.71. The number of nitrogens with one attached hydrogen (secondary N) is 1. The van der Waals surface area contributed by atoms with Gasteiger partial charge >= 0.3 is 0 Å². The van der Waals surface area contributed by atoms with E-state index in [-0.39, 0.29) is 25.1 Å². The maximum atomic E-state index is 12.3. The molecule has 3 aromatic rings. The fourth-order valence-corrected chi connectivity index (χ4v) is 4.16. The van der Waals surface area contributed by atoms with Gasteiger partial charge in [-0.05, 0) is 32.0 Å². The second kappa shape index (κ2) is 7.69. The molecule has 8 nitrogen and oxygen atoms in total. The molecule has 0 fully saturated rings. The van der Waals surface area contributed by atoms with Crippen molar-refractivity contribution >= 4 is 17.2 Å². The van der Waals surface area contributed by atoms with E-state index in [2.05, 4.69) is 29.2 Å². The van der Waals surface area contributed by atoms with Gasteiger partial charge in [-0.3, -0.25) is 4.79 Å². The van der Waals surface area contributed by atoms with Crippen molar-refractivity contribution in [2.24, 2.45) is 0 Å². The molecule has 0 bridgehead atoms. The third-order valence-electron chi connectivity index (χ3n) is 4.43. The van der Waals surface area contributed by atoms with Gasteiger partial charge in [0.05, 0.1) is 18.9 Å². The summed E-state index contributed by atoms with van der Waals surface area (Å²) in [4.78, 5) is 22.6. The molecule has 9 heteroatoms. The predicted octanol–water partition coefficient (Wildman–Crippen LogP) is 2.31. The Balaban J connectivity index is 1.77. The van der Waals surface area contributed by atoms with Crippen LogP contribution in [0.4, 0.5) is 0 Å². The van der Waals surface area contributed by atoms with Gasteiger partial charge in [-0.2, -0.15) is 5.10 Å². The van der Waals surface area contributed by atoms with E-state index in [1.807, 2.05) is 4.68 Å². The molecule has 2 N–H and O–H groups in total. The number of aromatic nitrogens is 4. The normalized spacial score (nSPS) is 12.9. The summed E-state index contributed by atoms with van der Waals surface area (Å²) in [6.45, 7) is 4.77. The largest absolute Gasteiger partial charge is 0.493 e. The second-order valence-corrected chi connectivity index (χ2v) is 7.79. The summed E-state index contributed by atoms with van der Waals surface area (Å²) in [5.74, 6) is 1.21. The Morgan fingerprint density at radius 3 is 3.07 bits per heavy atom. The Morgan fingerprint density at radius 2 is 2.29 bits per heavy atom. The van der Waals surface area contributed by atoms with Crippen LogP contribution < -0.4 is 10.1 Å². The molecule has 3 heterocycles. The zero-order valence-electron chi connectivity index (χ0n) is 15.7. The van der Waals surface area contributed by atoms with E-state index in [4.69, 9.17) is 14.8 Å². The maximum absolute atomic E-state index is 12.3. The Hall–Kier alpha value is -2.78. The lowest BCUT2D eigenvalue weighted by Gasteiger charge is -2.10. The Kier molecular flexibility index (Phi) is 5.10. The van der Waals surface area contributed by atoms with Gasteiger partial charge in [0.1, 0.15) is 12.1 Å². The van der Waals surface area contributed by atoms with Crippen molar-refractivity contribution in [1.82, 2.24) is 25.1 Å². The molecule has 0 atom stereocenters. The van der Waals surface area contributed by atoms with Crippen molar-refractivity contribution in [2.75, 3.05) is 19.8 Å². The third-order valence-corrected chi connectivity index (χ3v) is 5.54. The Morgan fingerprint density at radius 1 is 1.43 bits per heavy atom. The zero-order chi connectivity index (χ0) is 19.7. The number of hydrogen-bond donors (Lipinski definition) is 2. The number of carbonyl (C=O) groups excluding carboxylic acids is 1. The average molecular weight is 399 g/mol. The number of carbonyl (C=O) groups is 1. The van der Waals surface area contributed by atoms with Crippen LogP contribution in [-0.2, 0) is 6.42 Å². The van der Waals surface area contributed by atoms with E-state index in [0.29, 0.717) is 17.9 Å². The molecule has 4 rings (SSSR count). The van der Waals surface area contributed by atoms with Crippen LogP contribution in [0.2, 0.25) is 0 Å². The fraction of sp³-hybridized carbons (Fsp3) is 0.368. The Bertz CT molecular complexity index is 1010. The lowest BCUT2D eigenvalue weighted by atomic mass is 10.1. The molecule has 0 radical (unpaired) electrons. The van der Waals surface area contributed by atoms with Gasteiger partial charge in [0.2, 0.25) is 0 Å². The molecular formula is C19H21N5O3S. The van der Waals surface area contributed by atoms with E-state index in [1.165, 1.54) is 0 Å². The first kappa shape index (κ1) is 18.6.